The maximum atomic E-state index is 11.9. The molecule has 1 heterocycles. The first-order chi connectivity index (χ1) is 8.89. The molecule has 0 aliphatic carbocycles. The van der Waals surface area contributed by atoms with Gasteiger partial charge in [0.05, 0.1) is 23.0 Å². The summed E-state index contributed by atoms with van der Waals surface area (Å²) in [6.07, 6.45) is 1.53. The molecule has 1 atom stereocenters. The van der Waals surface area contributed by atoms with Crippen LogP contribution in [0.4, 0.5) is 11.4 Å². The van der Waals surface area contributed by atoms with Crippen LogP contribution in [0.2, 0.25) is 0 Å². The number of nitrogens with one attached hydrogen (secondary N) is 1. The first-order valence-electron chi connectivity index (χ1n) is 6.78. The molecule has 19 heavy (non-hydrogen) atoms. The summed E-state index contributed by atoms with van der Waals surface area (Å²) in [6, 6.07) is 7.65. The Morgan fingerprint density at radius 3 is 2.63 bits per heavy atom. The smallest absolute Gasteiger partial charge is 0.227 e. The van der Waals surface area contributed by atoms with Crippen LogP contribution in [0, 0.1) is 0 Å². The molecule has 0 spiro atoms. The van der Waals surface area contributed by atoms with Gasteiger partial charge < -0.3 is 15.3 Å². The molecule has 0 radical (unpaired) electrons. The lowest BCUT2D eigenvalue weighted by molar-refractivity contribution is -0.117. The minimum Gasteiger partial charge on any atom is -0.388 e. The van der Waals surface area contributed by atoms with E-state index in [1.165, 1.54) is 0 Å². The number of benzene rings is 1. The summed E-state index contributed by atoms with van der Waals surface area (Å²) in [5, 5.41) is 13.3. The highest BCUT2D eigenvalue weighted by atomic mass is 16.3. The minimum atomic E-state index is -0.817. The second kappa shape index (κ2) is 5.21. The van der Waals surface area contributed by atoms with Crippen molar-refractivity contribution in [2.75, 3.05) is 16.8 Å². The second-order valence-corrected chi connectivity index (χ2v) is 5.69. The summed E-state index contributed by atoms with van der Waals surface area (Å²) in [5.41, 5.74) is 0.982. The summed E-state index contributed by atoms with van der Waals surface area (Å²) in [6.45, 7) is 6.25. The first-order valence-corrected chi connectivity index (χ1v) is 6.78. The van der Waals surface area contributed by atoms with Crippen molar-refractivity contribution in [1.29, 1.82) is 0 Å². The van der Waals surface area contributed by atoms with Crippen molar-refractivity contribution in [3.8, 4) is 0 Å². The van der Waals surface area contributed by atoms with Gasteiger partial charge in [-0.3, -0.25) is 4.79 Å². The number of anilines is 2. The number of hydrogen-bond acceptors (Lipinski definition) is 3. The highest BCUT2D eigenvalue weighted by molar-refractivity contribution is 5.98. The van der Waals surface area contributed by atoms with E-state index < -0.39 is 5.60 Å². The number of nitrogens with zero attached hydrogens (tertiary/aromatic N) is 1. The summed E-state index contributed by atoms with van der Waals surface area (Å²) < 4.78 is 0. The molecule has 2 N–H and O–H groups in total. The minimum absolute atomic E-state index is 0.105. The Bertz CT molecular complexity index is 465. The second-order valence-electron chi connectivity index (χ2n) is 5.69. The number of rotatable bonds is 4. The fraction of sp³-hybridized carbons (Fsp3) is 0.533. The quantitative estimate of drug-likeness (QED) is 0.876. The summed E-state index contributed by atoms with van der Waals surface area (Å²) in [5.74, 6) is 0.171. The van der Waals surface area contributed by atoms with E-state index in [-0.39, 0.29) is 11.9 Å². The molecule has 0 aromatic heterocycles. The van der Waals surface area contributed by atoms with Gasteiger partial charge in [0.1, 0.15) is 0 Å². The van der Waals surface area contributed by atoms with E-state index in [2.05, 4.69) is 5.32 Å². The van der Waals surface area contributed by atoms with Gasteiger partial charge in [-0.2, -0.15) is 0 Å². The van der Waals surface area contributed by atoms with E-state index in [1.54, 1.807) is 13.8 Å². The van der Waals surface area contributed by atoms with E-state index in [4.69, 9.17) is 0 Å². The van der Waals surface area contributed by atoms with Gasteiger partial charge in [0, 0.05) is 13.0 Å². The van der Waals surface area contributed by atoms with Crippen LogP contribution in [0.5, 0.6) is 0 Å². The van der Waals surface area contributed by atoms with E-state index in [1.807, 2.05) is 36.1 Å². The maximum absolute atomic E-state index is 11.9. The Hall–Kier alpha value is -1.55. The maximum Gasteiger partial charge on any atom is 0.227 e. The first kappa shape index (κ1) is 13.9. The molecule has 1 fully saturated rings. The molecule has 1 unspecified atom stereocenters. The van der Waals surface area contributed by atoms with Crippen LogP contribution in [0.3, 0.4) is 0 Å². The molecule has 104 valence electrons. The summed E-state index contributed by atoms with van der Waals surface area (Å²) in [7, 11) is 0. The molecule has 4 heteroatoms. The number of carbonyl (C=O) groups excluding carboxylic acids is 1. The molecule has 0 bridgehead atoms. The Labute approximate surface area is 114 Å². The molecule has 1 aliphatic heterocycles. The van der Waals surface area contributed by atoms with Gasteiger partial charge in [0.15, 0.2) is 0 Å². The summed E-state index contributed by atoms with van der Waals surface area (Å²) in [4.78, 5) is 13.7. The lowest BCUT2D eigenvalue weighted by Crippen LogP contribution is -2.39. The van der Waals surface area contributed by atoms with Crippen LogP contribution in [0.15, 0.2) is 24.3 Å². The number of hydrogen-bond donors (Lipinski definition) is 2. The van der Waals surface area contributed by atoms with E-state index in [9.17, 15) is 9.90 Å². The number of para-hydroxylation sites is 2. The molecule has 1 aliphatic rings. The molecule has 1 saturated heterocycles. The lowest BCUT2D eigenvalue weighted by Gasteiger charge is -2.30. The van der Waals surface area contributed by atoms with Crippen LogP contribution >= 0.6 is 0 Å². The molecule has 0 saturated carbocycles. The van der Waals surface area contributed by atoms with Gasteiger partial charge in [0.25, 0.3) is 0 Å². The Morgan fingerprint density at radius 1 is 1.37 bits per heavy atom. The van der Waals surface area contributed by atoms with Crippen molar-refractivity contribution < 1.29 is 9.90 Å². The van der Waals surface area contributed by atoms with E-state index in [0.717, 1.165) is 24.3 Å². The van der Waals surface area contributed by atoms with Crippen LogP contribution in [0.1, 0.15) is 33.6 Å². The normalized spacial score (nSPS) is 17.7. The van der Waals surface area contributed by atoms with Gasteiger partial charge in [0.2, 0.25) is 5.91 Å². The third-order valence-electron chi connectivity index (χ3n) is 3.70. The molecule has 1 aromatic rings. The van der Waals surface area contributed by atoms with Crippen molar-refractivity contribution in [2.24, 2.45) is 0 Å². The zero-order chi connectivity index (χ0) is 14.0. The van der Waals surface area contributed by atoms with E-state index in [0.29, 0.717) is 6.42 Å². The van der Waals surface area contributed by atoms with Crippen molar-refractivity contribution in [3.63, 3.8) is 0 Å². The number of carbonyl (C=O) groups is 1. The van der Waals surface area contributed by atoms with Crippen LogP contribution in [-0.2, 0) is 4.79 Å². The number of aliphatic hydroxyl groups is 1. The predicted molar refractivity (Wildman–Crippen MR) is 77.4 cm³/mol. The highest BCUT2D eigenvalue weighted by Crippen LogP contribution is 2.30. The van der Waals surface area contributed by atoms with Gasteiger partial charge >= 0.3 is 0 Å². The van der Waals surface area contributed by atoms with Crippen LogP contribution in [-0.4, -0.2) is 29.2 Å². The third-order valence-corrected chi connectivity index (χ3v) is 3.70. The Balaban J connectivity index is 2.24. The molecule has 1 aromatic carbocycles. The number of amides is 1. The van der Waals surface area contributed by atoms with Crippen molar-refractivity contribution >= 4 is 17.3 Å². The van der Waals surface area contributed by atoms with Gasteiger partial charge in [-0.1, -0.05) is 12.1 Å². The monoisotopic (exact) mass is 262 g/mol. The zero-order valence-corrected chi connectivity index (χ0v) is 11.8. The van der Waals surface area contributed by atoms with Gasteiger partial charge in [-0.15, -0.1) is 0 Å². The van der Waals surface area contributed by atoms with Gasteiger partial charge in [-0.25, -0.2) is 0 Å². The SMILES string of the molecule is CC(Nc1ccccc1N1CCCC1=O)C(C)(C)O. The van der Waals surface area contributed by atoms with Crippen LogP contribution in [0.25, 0.3) is 0 Å². The average molecular weight is 262 g/mol. The topological polar surface area (TPSA) is 52.6 Å². The van der Waals surface area contributed by atoms with Crippen molar-refractivity contribution in [2.45, 2.75) is 45.3 Å². The van der Waals surface area contributed by atoms with Crippen molar-refractivity contribution in [3.05, 3.63) is 24.3 Å². The molecular weight excluding hydrogens is 240 g/mol. The third kappa shape index (κ3) is 3.07. The molecular formula is C15H22N2O2. The Kier molecular flexibility index (Phi) is 3.80. The predicted octanol–water partition coefficient (Wildman–Crippen LogP) is 2.38. The lowest BCUT2D eigenvalue weighted by atomic mass is 10.0. The standard InChI is InChI=1S/C15H22N2O2/c1-11(15(2,3)19)16-12-7-4-5-8-13(12)17-10-6-9-14(17)18/h4-5,7-8,11,16,19H,6,9-10H2,1-3H3. The fourth-order valence-corrected chi connectivity index (χ4v) is 2.14. The van der Waals surface area contributed by atoms with E-state index >= 15 is 0 Å². The molecule has 4 nitrogen and oxygen atoms in total. The Morgan fingerprint density at radius 2 is 2.05 bits per heavy atom. The zero-order valence-electron chi connectivity index (χ0n) is 11.8. The average Bonchev–Trinajstić information content (AvgIpc) is 2.75. The molecule has 1 amide bonds. The summed E-state index contributed by atoms with van der Waals surface area (Å²) >= 11 is 0. The van der Waals surface area contributed by atoms with Gasteiger partial charge in [-0.05, 0) is 39.3 Å². The highest BCUT2D eigenvalue weighted by Gasteiger charge is 2.26. The van der Waals surface area contributed by atoms with Crippen LogP contribution < -0.4 is 10.2 Å². The fourth-order valence-electron chi connectivity index (χ4n) is 2.14. The van der Waals surface area contributed by atoms with Crippen molar-refractivity contribution in [1.82, 2.24) is 0 Å². The molecule has 2 rings (SSSR count). The largest absolute Gasteiger partial charge is 0.388 e.